The summed E-state index contributed by atoms with van der Waals surface area (Å²) >= 11 is 40.3. The molecule has 7 heteroatoms. The van der Waals surface area contributed by atoms with Crippen LogP contribution in [0, 0.1) is 0 Å². The smallest absolute Gasteiger partial charge is 0.0693 e. The molecule has 1 rings (SSSR count). The Labute approximate surface area is 137 Å². The Morgan fingerprint density at radius 3 is 0.941 bits per heavy atom. The number of hydrogen-bond donors (Lipinski definition) is 0. The summed E-state index contributed by atoms with van der Waals surface area (Å²) < 4.78 is 0. The maximum absolute atomic E-state index is 5.88. The van der Waals surface area contributed by atoms with Crippen molar-refractivity contribution < 1.29 is 0 Å². The second-order valence-electron chi connectivity index (χ2n) is 3.22. The quantitative estimate of drug-likeness (QED) is 0.413. The Bertz CT molecular complexity index is 197. The van der Waals surface area contributed by atoms with Gasteiger partial charge in [-0.1, -0.05) is 30.3 Å². The second kappa shape index (κ2) is 9.42. The molecule has 0 nitrogen and oxygen atoms in total. The van der Waals surface area contributed by atoms with Crippen molar-refractivity contribution in [2.24, 2.45) is 0 Å². The SMILES string of the molecule is C=C/C=C/Cl.Cl[C@H]1[C@H](Cl)[C@@H](Cl)[C@@H](Cl)[C@H](Cl)[C@H]1Cl. The monoisotopic (exact) mass is 376 g/mol. The van der Waals surface area contributed by atoms with Crippen molar-refractivity contribution in [3.05, 3.63) is 24.3 Å². The first-order valence-electron chi connectivity index (χ1n) is 4.60. The fourth-order valence-corrected chi connectivity index (χ4v) is 3.54. The first kappa shape index (κ1) is 18.5. The predicted molar refractivity (Wildman–Crippen MR) is 83.0 cm³/mol. The molecule has 0 aromatic rings. The molecule has 0 atom stereocenters. The minimum atomic E-state index is -0.437. The fourth-order valence-electron chi connectivity index (χ4n) is 1.11. The van der Waals surface area contributed by atoms with Gasteiger partial charge in [-0.25, -0.2) is 0 Å². The molecule has 1 aliphatic rings. The van der Waals surface area contributed by atoms with Crippen LogP contribution in [0.2, 0.25) is 0 Å². The predicted octanol–water partition coefficient (Wildman–Crippen LogP) is 5.57. The summed E-state index contributed by atoms with van der Waals surface area (Å²) in [6, 6.07) is 0. The maximum Gasteiger partial charge on any atom is 0.0693 e. The Kier molecular flexibility index (Phi) is 10.3. The van der Waals surface area contributed by atoms with E-state index < -0.39 is 32.3 Å². The van der Waals surface area contributed by atoms with Gasteiger partial charge in [0.15, 0.2) is 0 Å². The normalized spacial score (nSPS) is 41.8. The van der Waals surface area contributed by atoms with E-state index in [1.807, 2.05) is 0 Å². The minimum Gasteiger partial charge on any atom is -0.120 e. The molecule has 0 aliphatic heterocycles. The fraction of sp³-hybridized carbons (Fsp3) is 0.600. The molecule has 0 N–H and O–H groups in total. The van der Waals surface area contributed by atoms with Crippen LogP contribution in [0.1, 0.15) is 0 Å². The summed E-state index contributed by atoms with van der Waals surface area (Å²) in [7, 11) is 0. The summed E-state index contributed by atoms with van der Waals surface area (Å²) in [5.74, 6) is 0. The summed E-state index contributed by atoms with van der Waals surface area (Å²) in [5, 5.41) is -2.62. The number of halogens is 7. The van der Waals surface area contributed by atoms with Crippen LogP contribution in [0.5, 0.6) is 0 Å². The zero-order chi connectivity index (χ0) is 13.6. The highest BCUT2D eigenvalue weighted by atomic mass is 35.5. The van der Waals surface area contributed by atoms with E-state index in [0.29, 0.717) is 0 Å². The van der Waals surface area contributed by atoms with Gasteiger partial charge in [-0.15, -0.1) is 69.6 Å². The van der Waals surface area contributed by atoms with Gasteiger partial charge in [0.25, 0.3) is 0 Å². The first-order valence-corrected chi connectivity index (χ1v) is 7.66. The van der Waals surface area contributed by atoms with Crippen molar-refractivity contribution in [1.29, 1.82) is 0 Å². The summed E-state index contributed by atoms with van der Waals surface area (Å²) in [5.41, 5.74) is 1.41. The second-order valence-corrected chi connectivity index (χ2v) is 6.50. The summed E-state index contributed by atoms with van der Waals surface area (Å²) in [6.45, 7) is 3.38. The lowest BCUT2D eigenvalue weighted by Crippen LogP contribution is -2.52. The van der Waals surface area contributed by atoms with E-state index in [1.165, 1.54) is 5.54 Å². The van der Waals surface area contributed by atoms with E-state index in [-0.39, 0.29) is 0 Å². The van der Waals surface area contributed by atoms with Crippen molar-refractivity contribution in [3.8, 4) is 0 Å². The zero-order valence-corrected chi connectivity index (χ0v) is 13.8. The Morgan fingerprint density at radius 1 is 0.647 bits per heavy atom. The van der Waals surface area contributed by atoms with E-state index in [2.05, 4.69) is 6.58 Å². The van der Waals surface area contributed by atoms with Crippen LogP contribution in [-0.4, -0.2) is 32.3 Å². The minimum absolute atomic E-state index is 0.437. The van der Waals surface area contributed by atoms with Gasteiger partial charge in [0.1, 0.15) is 0 Å². The van der Waals surface area contributed by atoms with E-state index in [0.717, 1.165) is 0 Å². The van der Waals surface area contributed by atoms with Gasteiger partial charge >= 0.3 is 0 Å². The average Bonchev–Trinajstić information content (AvgIpc) is 2.33. The number of rotatable bonds is 1. The van der Waals surface area contributed by atoms with Crippen LogP contribution in [0.4, 0.5) is 0 Å². The third-order valence-corrected chi connectivity index (χ3v) is 6.21. The standard InChI is InChI=1S/C6H6Cl6.C4H5Cl/c7-1-2(8)4(10)6(12)5(11)3(1)9;1-2-3-4-5/h1-6H;2-4H,1H2/b;4-3+/t1-,2-,3-,4+,5+,6+;. The van der Waals surface area contributed by atoms with E-state index >= 15 is 0 Å². The lowest BCUT2D eigenvalue weighted by Gasteiger charge is -2.37. The highest BCUT2D eigenvalue weighted by Crippen LogP contribution is 2.39. The van der Waals surface area contributed by atoms with Crippen LogP contribution >= 0.6 is 81.2 Å². The van der Waals surface area contributed by atoms with Gasteiger partial charge in [0, 0.05) is 5.54 Å². The summed E-state index contributed by atoms with van der Waals surface area (Å²) in [4.78, 5) is 0. The molecule has 1 fully saturated rings. The molecule has 0 aromatic carbocycles. The van der Waals surface area contributed by atoms with E-state index in [1.54, 1.807) is 12.2 Å². The lowest BCUT2D eigenvalue weighted by atomic mass is 9.97. The molecule has 0 saturated heterocycles. The topological polar surface area (TPSA) is 0 Å². The first-order chi connectivity index (χ1) is 7.88. The van der Waals surface area contributed by atoms with Crippen molar-refractivity contribution in [3.63, 3.8) is 0 Å². The van der Waals surface area contributed by atoms with Crippen LogP contribution in [0.25, 0.3) is 0 Å². The largest absolute Gasteiger partial charge is 0.120 e. The summed E-state index contributed by atoms with van der Waals surface area (Å²) in [6.07, 6.45) is 3.27. The molecular weight excluding hydrogens is 368 g/mol. The molecule has 0 amide bonds. The van der Waals surface area contributed by atoms with Crippen molar-refractivity contribution in [1.82, 2.24) is 0 Å². The third-order valence-electron chi connectivity index (χ3n) is 2.03. The van der Waals surface area contributed by atoms with Crippen LogP contribution in [0.3, 0.4) is 0 Å². The van der Waals surface area contributed by atoms with Gasteiger partial charge in [0.05, 0.1) is 32.3 Å². The van der Waals surface area contributed by atoms with E-state index in [4.69, 9.17) is 81.2 Å². The molecule has 17 heavy (non-hydrogen) atoms. The van der Waals surface area contributed by atoms with Gasteiger partial charge in [-0.2, -0.15) is 0 Å². The highest BCUT2D eigenvalue weighted by Gasteiger charge is 2.46. The molecule has 1 aliphatic carbocycles. The molecule has 0 radical (unpaired) electrons. The van der Waals surface area contributed by atoms with Gasteiger partial charge < -0.3 is 0 Å². The maximum atomic E-state index is 5.88. The molecule has 0 heterocycles. The van der Waals surface area contributed by atoms with Crippen molar-refractivity contribution in [2.45, 2.75) is 32.3 Å². The average molecular weight is 379 g/mol. The molecule has 0 spiro atoms. The molecule has 1 saturated carbocycles. The van der Waals surface area contributed by atoms with Crippen molar-refractivity contribution in [2.75, 3.05) is 0 Å². The van der Waals surface area contributed by atoms with Crippen LogP contribution in [-0.2, 0) is 0 Å². The molecule has 0 unspecified atom stereocenters. The van der Waals surface area contributed by atoms with Gasteiger partial charge in [0.2, 0.25) is 0 Å². The van der Waals surface area contributed by atoms with Crippen LogP contribution in [0.15, 0.2) is 24.3 Å². The number of alkyl halides is 6. The zero-order valence-electron chi connectivity index (χ0n) is 8.55. The van der Waals surface area contributed by atoms with E-state index in [9.17, 15) is 0 Å². The molecule has 0 bridgehead atoms. The highest BCUT2D eigenvalue weighted by molar-refractivity contribution is 6.45. The molecular formula is C10H11Cl7. The Balaban J connectivity index is 0.000000437. The lowest BCUT2D eigenvalue weighted by molar-refractivity contribution is 0.544. The number of hydrogen-bond acceptors (Lipinski definition) is 0. The Morgan fingerprint density at radius 2 is 0.882 bits per heavy atom. The number of allylic oxidation sites excluding steroid dienone is 2. The van der Waals surface area contributed by atoms with Crippen LogP contribution < -0.4 is 0 Å². The van der Waals surface area contributed by atoms with Gasteiger partial charge in [-0.3, -0.25) is 0 Å². The molecule has 100 valence electrons. The Hall–Kier alpha value is 1.51. The third kappa shape index (κ3) is 5.57. The van der Waals surface area contributed by atoms with Crippen molar-refractivity contribution >= 4 is 81.2 Å². The van der Waals surface area contributed by atoms with Gasteiger partial charge in [-0.05, 0) is 0 Å². The molecule has 0 aromatic heterocycles.